The Morgan fingerprint density at radius 3 is 2.23 bits per heavy atom. The molecule has 26 heavy (non-hydrogen) atoms. The largest absolute Gasteiger partial charge is 0.496 e. The van der Waals surface area contributed by atoms with Gasteiger partial charge in [0.15, 0.2) is 0 Å². The van der Waals surface area contributed by atoms with E-state index >= 15 is 0 Å². The van der Waals surface area contributed by atoms with E-state index in [1.807, 2.05) is 38.1 Å². The lowest BCUT2D eigenvalue weighted by Gasteiger charge is -2.36. The van der Waals surface area contributed by atoms with Crippen molar-refractivity contribution in [1.82, 2.24) is 4.31 Å². The molecule has 0 aromatic heterocycles. The first-order valence-electron chi connectivity index (χ1n) is 8.50. The molecule has 0 N–H and O–H groups in total. The molecule has 0 aliphatic carbocycles. The van der Waals surface area contributed by atoms with Crippen molar-refractivity contribution in [3.63, 3.8) is 0 Å². The van der Waals surface area contributed by atoms with E-state index in [2.05, 4.69) is 4.90 Å². The Hall–Kier alpha value is -1.76. The summed E-state index contributed by atoms with van der Waals surface area (Å²) in [6.45, 7) is 5.78. The molecule has 7 heteroatoms. The zero-order chi connectivity index (χ0) is 18.9. The highest BCUT2D eigenvalue weighted by molar-refractivity contribution is 7.89. The average molecular weight is 395 g/mol. The Morgan fingerprint density at radius 1 is 0.962 bits per heavy atom. The number of para-hydroxylation sites is 1. The van der Waals surface area contributed by atoms with Gasteiger partial charge in [-0.1, -0.05) is 23.7 Å². The van der Waals surface area contributed by atoms with Gasteiger partial charge in [0.05, 0.1) is 22.7 Å². The third kappa shape index (κ3) is 3.41. The van der Waals surface area contributed by atoms with Crippen LogP contribution in [0.3, 0.4) is 0 Å². The first-order chi connectivity index (χ1) is 12.4. The fourth-order valence-corrected chi connectivity index (χ4v) is 5.25. The van der Waals surface area contributed by atoms with Crippen LogP contribution in [-0.4, -0.2) is 46.0 Å². The van der Waals surface area contributed by atoms with Gasteiger partial charge in [-0.05, 0) is 49.2 Å². The summed E-state index contributed by atoms with van der Waals surface area (Å²) in [4.78, 5) is 2.47. The molecule has 0 radical (unpaired) electrons. The maximum absolute atomic E-state index is 13.1. The smallest absolute Gasteiger partial charge is 0.243 e. The van der Waals surface area contributed by atoms with E-state index in [0.29, 0.717) is 41.8 Å². The number of halogens is 1. The zero-order valence-electron chi connectivity index (χ0n) is 15.2. The molecule has 0 bridgehead atoms. The molecule has 1 heterocycles. The Morgan fingerprint density at radius 2 is 1.62 bits per heavy atom. The van der Waals surface area contributed by atoms with Gasteiger partial charge < -0.3 is 9.64 Å². The first kappa shape index (κ1) is 19.0. The van der Waals surface area contributed by atoms with Crippen LogP contribution in [0.2, 0.25) is 5.02 Å². The number of rotatable bonds is 4. The van der Waals surface area contributed by atoms with Crippen LogP contribution in [0.15, 0.2) is 41.3 Å². The van der Waals surface area contributed by atoms with Gasteiger partial charge in [0.2, 0.25) is 10.0 Å². The molecule has 2 aromatic carbocycles. The molecule has 0 spiro atoms. The molecule has 0 atom stereocenters. The number of anilines is 1. The van der Waals surface area contributed by atoms with Gasteiger partial charge in [0.25, 0.3) is 0 Å². The van der Waals surface area contributed by atoms with Crippen molar-refractivity contribution in [1.29, 1.82) is 0 Å². The molecule has 5 nitrogen and oxygen atoms in total. The molecule has 1 aliphatic rings. The maximum atomic E-state index is 13.1. The molecule has 0 unspecified atom stereocenters. The second kappa shape index (κ2) is 7.47. The zero-order valence-corrected chi connectivity index (χ0v) is 16.8. The third-order valence-corrected chi connectivity index (χ3v) is 7.32. The second-order valence-electron chi connectivity index (χ2n) is 6.36. The minimum atomic E-state index is -3.54. The van der Waals surface area contributed by atoms with Crippen molar-refractivity contribution < 1.29 is 13.2 Å². The van der Waals surface area contributed by atoms with Crippen LogP contribution in [0.5, 0.6) is 5.75 Å². The summed E-state index contributed by atoms with van der Waals surface area (Å²) in [7, 11) is -1.95. The van der Waals surface area contributed by atoms with Crippen molar-refractivity contribution in [2.24, 2.45) is 0 Å². The maximum Gasteiger partial charge on any atom is 0.243 e. The summed E-state index contributed by atoms with van der Waals surface area (Å²) in [5, 5.41) is 0.686. The number of methoxy groups -OCH3 is 1. The normalized spacial score (nSPS) is 15.9. The van der Waals surface area contributed by atoms with Crippen molar-refractivity contribution in [3.8, 4) is 5.75 Å². The standard InChI is InChI=1S/C19H23ClN2O3S/c1-14-15(2)19(9-8-18(14)25-3)26(23,24)22-12-10-21(11-13-22)17-7-5-4-6-16(17)20/h4-9H,10-13H2,1-3H3. The predicted octanol–water partition coefficient (Wildman–Crippen LogP) is 3.48. The lowest BCUT2D eigenvalue weighted by atomic mass is 10.1. The number of hydrogen-bond acceptors (Lipinski definition) is 4. The summed E-state index contributed by atoms with van der Waals surface area (Å²) < 4.78 is 33.1. The van der Waals surface area contributed by atoms with Gasteiger partial charge >= 0.3 is 0 Å². The van der Waals surface area contributed by atoms with Crippen molar-refractivity contribution >= 4 is 27.3 Å². The van der Waals surface area contributed by atoms with Crippen LogP contribution in [0.1, 0.15) is 11.1 Å². The van der Waals surface area contributed by atoms with Crippen LogP contribution in [0.25, 0.3) is 0 Å². The summed E-state index contributed by atoms with van der Waals surface area (Å²) in [5.41, 5.74) is 2.53. The Bertz CT molecular complexity index is 907. The highest BCUT2D eigenvalue weighted by Gasteiger charge is 2.30. The SMILES string of the molecule is COc1ccc(S(=O)(=O)N2CCN(c3ccccc3Cl)CC2)c(C)c1C. The average Bonchev–Trinajstić information content (AvgIpc) is 2.64. The highest BCUT2D eigenvalue weighted by atomic mass is 35.5. The van der Waals surface area contributed by atoms with Crippen molar-refractivity contribution in [2.75, 3.05) is 38.2 Å². The van der Waals surface area contributed by atoms with E-state index in [1.54, 1.807) is 23.5 Å². The van der Waals surface area contributed by atoms with E-state index < -0.39 is 10.0 Å². The number of sulfonamides is 1. The van der Waals surface area contributed by atoms with Gasteiger partial charge in [-0.2, -0.15) is 4.31 Å². The van der Waals surface area contributed by atoms with Gasteiger partial charge in [-0.15, -0.1) is 0 Å². The summed E-state index contributed by atoms with van der Waals surface area (Å²) in [5.74, 6) is 0.699. The van der Waals surface area contributed by atoms with E-state index in [4.69, 9.17) is 16.3 Å². The highest BCUT2D eigenvalue weighted by Crippen LogP contribution is 2.30. The van der Waals surface area contributed by atoms with Gasteiger partial charge in [0, 0.05) is 26.2 Å². The van der Waals surface area contributed by atoms with Crippen molar-refractivity contribution in [2.45, 2.75) is 18.7 Å². The predicted molar refractivity (Wildman–Crippen MR) is 105 cm³/mol. The first-order valence-corrected chi connectivity index (χ1v) is 10.3. The number of benzene rings is 2. The third-order valence-electron chi connectivity index (χ3n) is 4.96. The van der Waals surface area contributed by atoms with E-state index in [-0.39, 0.29) is 0 Å². The Kier molecular flexibility index (Phi) is 5.46. The number of piperazine rings is 1. The summed E-state index contributed by atoms with van der Waals surface area (Å²) >= 11 is 6.26. The Labute approximate surface area is 160 Å². The lowest BCUT2D eigenvalue weighted by molar-refractivity contribution is 0.384. The van der Waals surface area contributed by atoms with Crippen molar-refractivity contribution in [3.05, 3.63) is 52.5 Å². The van der Waals surface area contributed by atoms with Crippen LogP contribution in [0, 0.1) is 13.8 Å². The molecule has 2 aromatic rings. The molecule has 0 saturated carbocycles. The minimum Gasteiger partial charge on any atom is -0.496 e. The fraction of sp³-hybridized carbons (Fsp3) is 0.368. The van der Waals surface area contributed by atoms with Crippen LogP contribution >= 0.6 is 11.6 Å². The Balaban J connectivity index is 1.81. The quantitative estimate of drug-likeness (QED) is 0.796. The molecule has 0 amide bonds. The molecule has 1 fully saturated rings. The van der Waals surface area contributed by atoms with Gasteiger partial charge in [-0.25, -0.2) is 8.42 Å². The topological polar surface area (TPSA) is 49.9 Å². The van der Waals surface area contributed by atoms with Gasteiger partial charge in [0.1, 0.15) is 5.75 Å². The monoisotopic (exact) mass is 394 g/mol. The van der Waals surface area contributed by atoms with Crippen LogP contribution in [-0.2, 0) is 10.0 Å². The molecule has 1 saturated heterocycles. The molecule has 1 aliphatic heterocycles. The second-order valence-corrected chi connectivity index (χ2v) is 8.67. The minimum absolute atomic E-state index is 0.349. The summed E-state index contributed by atoms with van der Waals surface area (Å²) in [6, 6.07) is 11.0. The fourth-order valence-electron chi connectivity index (χ4n) is 3.29. The van der Waals surface area contributed by atoms with E-state index in [1.165, 1.54) is 0 Å². The number of nitrogens with zero attached hydrogens (tertiary/aromatic N) is 2. The van der Waals surface area contributed by atoms with Crippen LogP contribution < -0.4 is 9.64 Å². The van der Waals surface area contributed by atoms with Crippen LogP contribution in [0.4, 0.5) is 5.69 Å². The lowest BCUT2D eigenvalue weighted by Crippen LogP contribution is -2.48. The molecule has 3 rings (SSSR count). The number of hydrogen-bond donors (Lipinski definition) is 0. The van der Waals surface area contributed by atoms with E-state index in [9.17, 15) is 8.42 Å². The molecule has 140 valence electrons. The van der Waals surface area contributed by atoms with E-state index in [0.717, 1.165) is 16.8 Å². The van der Waals surface area contributed by atoms with Gasteiger partial charge in [-0.3, -0.25) is 0 Å². The molecular formula is C19H23ClN2O3S. The molecular weight excluding hydrogens is 372 g/mol. The summed E-state index contributed by atoms with van der Waals surface area (Å²) in [6.07, 6.45) is 0. The number of ether oxygens (including phenoxy) is 1.